The van der Waals surface area contributed by atoms with E-state index in [1.807, 2.05) is 0 Å². The van der Waals surface area contributed by atoms with Crippen molar-refractivity contribution in [2.75, 3.05) is 20.1 Å². The topological polar surface area (TPSA) is 78.5 Å². The Balaban J connectivity index is 2.04. The first-order valence-electron chi connectivity index (χ1n) is 5.51. The van der Waals surface area contributed by atoms with Gasteiger partial charge in [0.25, 0.3) is 10.2 Å². The van der Waals surface area contributed by atoms with Crippen molar-refractivity contribution in [2.45, 2.75) is 25.3 Å². The van der Waals surface area contributed by atoms with Gasteiger partial charge in [0.1, 0.15) is 0 Å². The third-order valence-corrected chi connectivity index (χ3v) is 4.91. The quantitative estimate of drug-likeness (QED) is 0.660. The molecule has 2 fully saturated rings. The molecule has 16 heavy (non-hydrogen) atoms. The largest absolute Gasteiger partial charge is 0.353 e. The molecular weight excluding hydrogens is 230 g/mol. The van der Waals surface area contributed by atoms with Gasteiger partial charge in [-0.1, -0.05) is 0 Å². The normalized spacial score (nSPS) is 31.9. The molecule has 2 aliphatic heterocycles. The molecule has 2 atom stereocenters. The number of nitrogens with zero attached hydrogens (tertiary/aromatic N) is 1. The van der Waals surface area contributed by atoms with Crippen molar-refractivity contribution >= 4 is 16.1 Å². The highest BCUT2D eigenvalue weighted by Crippen LogP contribution is 2.26. The summed E-state index contributed by atoms with van der Waals surface area (Å²) in [6.07, 6.45) is 2.00. The molecule has 2 unspecified atom stereocenters. The van der Waals surface area contributed by atoms with Gasteiger partial charge in [0, 0.05) is 32.6 Å². The second-order valence-corrected chi connectivity index (χ2v) is 6.20. The van der Waals surface area contributed by atoms with Crippen molar-refractivity contribution in [3.63, 3.8) is 0 Å². The maximum atomic E-state index is 11.6. The van der Waals surface area contributed by atoms with Crippen molar-refractivity contribution in [1.82, 2.24) is 14.3 Å². The van der Waals surface area contributed by atoms with Gasteiger partial charge >= 0.3 is 0 Å². The Hall–Kier alpha value is -0.660. The Kier molecular flexibility index (Phi) is 3.18. The molecule has 92 valence electrons. The van der Waals surface area contributed by atoms with Gasteiger partial charge in [-0.3, -0.25) is 4.79 Å². The van der Waals surface area contributed by atoms with E-state index in [4.69, 9.17) is 0 Å². The number of carbonyl (C=O) groups excluding carboxylic acids is 1. The van der Waals surface area contributed by atoms with Gasteiger partial charge in [-0.2, -0.15) is 12.7 Å². The van der Waals surface area contributed by atoms with Crippen molar-refractivity contribution in [3.8, 4) is 0 Å². The van der Waals surface area contributed by atoms with Crippen LogP contribution in [0.25, 0.3) is 0 Å². The third-order valence-electron chi connectivity index (χ3n) is 3.38. The number of fused-ring (bicyclic) bond motifs is 1. The monoisotopic (exact) mass is 247 g/mol. The van der Waals surface area contributed by atoms with E-state index < -0.39 is 10.2 Å². The summed E-state index contributed by atoms with van der Waals surface area (Å²) < 4.78 is 27.0. The first-order valence-corrected chi connectivity index (χ1v) is 6.95. The fraction of sp³-hybridized carbons (Fsp3) is 0.889. The minimum absolute atomic E-state index is 0.0890. The van der Waals surface area contributed by atoms with E-state index >= 15 is 0 Å². The van der Waals surface area contributed by atoms with Gasteiger partial charge in [-0.25, -0.2) is 4.72 Å². The Bertz CT molecular complexity index is 381. The summed E-state index contributed by atoms with van der Waals surface area (Å²) in [5.41, 5.74) is 0. The molecule has 0 radical (unpaired) electrons. The van der Waals surface area contributed by atoms with Gasteiger partial charge in [0.2, 0.25) is 5.91 Å². The summed E-state index contributed by atoms with van der Waals surface area (Å²) in [5, 5.41) is 2.93. The molecular formula is C9H17N3O3S. The van der Waals surface area contributed by atoms with Crippen LogP contribution in [0.4, 0.5) is 0 Å². The fourth-order valence-corrected chi connectivity index (χ4v) is 3.42. The molecule has 0 spiro atoms. The summed E-state index contributed by atoms with van der Waals surface area (Å²) in [7, 11) is -1.89. The molecule has 1 amide bonds. The Morgan fingerprint density at radius 3 is 2.88 bits per heavy atom. The smallest absolute Gasteiger partial charge is 0.279 e. The SMILES string of the molecule is CNS(=O)(=O)N1CCC2NC(=O)CCC2C1. The zero-order valence-electron chi connectivity index (χ0n) is 9.27. The lowest BCUT2D eigenvalue weighted by Crippen LogP contribution is -2.56. The maximum Gasteiger partial charge on any atom is 0.279 e. The maximum absolute atomic E-state index is 11.6. The van der Waals surface area contributed by atoms with E-state index in [0.29, 0.717) is 25.9 Å². The first kappa shape index (κ1) is 11.8. The van der Waals surface area contributed by atoms with Crippen LogP contribution in [-0.4, -0.2) is 44.8 Å². The van der Waals surface area contributed by atoms with Crippen LogP contribution in [0.5, 0.6) is 0 Å². The van der Waals surface area contributed by atoms with E-state index in [1.54, 1.807) is 0 Å². The van der Waals surface area contributed by atoms with Crippen LogP contribution in [0.15, 0.2) is 0 Å². The van der Waals surface area contributed by atoms with Crippen LogP contribution in [-0.2, 0) is 15.0 Å². The Morgan fingerprint density at radius 2 is 2.19 bits per heavy atom. The number of rotatable bonds is 2. The molecule has 2 rings (SSSR count). The number of piperidine rings is 2. The number of hydrogen-bond acceptors (Lipinski definition) is 3. The van der Waals surface area contributed by atoms with Crippen molar-refractivity contribution in [2.24, 2.45) is 5.92 Å². The van der Waals surface area contributed by atoms with Crippen molar-refractivity contribution in [3.05, 3.63) is 0 Å². The lowest BCUT2D eigenvalue weighted by molar-refractivity contribution is -0.124. The Morgan fingerprint density at radius 1 is 1.44 bits per heavy atom. The van der Waals surface area contributed by atoms with E-state index in [-0.39, 0.29) is 17.9 Å². The molecule has 2 heterocycles. The molecule has 0 bridgehead atoms. The second kappa shape index (κ2) is 4.31. The van der Waals surface area contributed by atoms with Crippen LogP contribution < -0.4 is 10.0 Å². The number of hydrogen-bond donors (Lipinski definition) is 2. The number of nitrogens with one attached hydrogen (secondary N) is 2. The molecule has 0 saturated carbocycles. The Labute approximate surface area is 95.6 Å². The standard InChI is InChI=1S/C9H17N3O3S/c1-10-16(14,15)12-5-4-8-7(6-12)2-3-9(13)11-8/h7-8,10H,2-6H2,1H3,(H,11,13). The van der Waals surface area contributed by atoms with Crippen molar-refractivity contribution in [1.29, 1.82) is 0 Å². The predicted molar refractivity (Wildman–Crippen MR) is 58.8 cm³/mol. The van der Waals surface area contributed by atoms with Crippen LogP contribution in [0.2, 0.25) is 0 Å². The molecule has 0 aromatic rings. The zero-order valence-corrected chi connectivity index (χ0v) is 10.1. The average molecular weight is 247 g/mol. The summed E-state index contributed by atoms with van der Waals surface area (Å²) in [5.74, 6) is 0.348. The predicted octanol–water partition coefficient (Wildman–Crippen LogP) is -0.949. The van der Waals surface area contributed by atoms with Crippen LogP contribution >= 0.6 is 0 Å². The highest BCUT2D eigenvalue weighted by molar-refractivity contribution is 7.87. The number of amides is 1. The highest BCUT2D eigenvalue weighted by Gasteiger charge is 2.37. The second-order valence-electron chi connectivity index (χ2n) is 4.33. The molecule has 0 aromatic carbocycles. The van der Waals surface area contributed by atoms with Crippen LogP contribution in [0, 0.1) is 5.92 Å². The fourth-order valence-electron chi connectivity index (χ4n) is 2.42. The van der Waals surface area contributed by atoms with Crippen LogP contribution in [0.1, 0.15) is 19.3 Å². The zero-order chi connectivity index (χ0) is 11.8. The highest BCUT2D eigenvalue weighted by atomic mass is 32.2. The summed E-state index contributed by atoms with van der Waals surface area (Å²) in [4.78, 5) is 11.2. The molecule has 6 nitrogen and oxygen atoms in total. The summed E-state index contributed by atoms with van der Waals surface area (Å²) >= 11 is 0. The van der Waals surface area contributed by atoms with Gasteiger partial charge in [0.15, 0.2) is 0 Å². The summed E-state index contributed by atoms with van der Waals surface area (Å²) in [6.45, 7) is 0.985. The molecule has 0 aromatic heterocycles. The molecule has 2 N–H and O–H groups in total. The minimum Gasteiger partial charge on any atom is -0.353 e. The van der Waals surface area contributed by atoms with E-state index in [2.05, 4.69) is 10.0 Å². The molecule has 2 saturated heterocycles. The van der Waals surface area contributed by atoms with Gasteiger partial charge in [-0.05, 0) is 18.8 Å². The van der Waals surface area contributed by atoms with E-state index in [0.717, 1.165) is 6.42 Å². The van der Waals surface area contributed by atoms with Gasteiger partial charge in [-0.15, -0.1) is 0 Å². The van der Waals surface area contributed by atoms with Crippen molar-refractivity contribution < 1.29 is 13.2 Å². The van der Waals surface area contributed by atoms with Gasteiger partial charge < -0.3 is 5.32 Å². The lowest BCUT2D eigenvalue weighted by Gasteiger charge is -2.40. The number of carbonyl (C=O) groups is 1. The summed E-state index contributed by atoms with van der Waals surface area (Å²) in [6, 6.07) is 0.157. The van der Waals surface area contributed by atoms with E-state index in [9.17, 15) is 13.2 Å². The van der Waals surface area contributed by atoms with Gasteiger partial charge in [0.05, 0.1) is 0 Å². The molecule has 2 aliphatic rings. The molecule has 0 aliphatic carbocycles. The molecule has 7 heteroatoms. The third kappa shape index (κ3) is 2.21. The lowest BCUT2D eigenvalue weighted by atomic mass is 9.86. The first-order chi connectivity index (χ1) is 7.53. The minimum atomic E-state index is -3.31. The average Bonchev–Trinajstić information content (AvgIpc) is 2.28. The van der Waals surface area contributed by atoms with Crippen LogP contribution in [0.3, 0.4) is 0 Å². The van der Waals surface area contributed by atoms with E-state index in [1.165, 1.54) is 11.4 Å².